The quantitative estimate of drug-likeness (QED) is 0.342. The molecule has 0 bridgehead atoms. The van der Waals surface area contributed by atoms with Gasteiger partial charge in [0.05, 0.1) is 18.3 Å². The highest BCUT2D eigenvalue weighted by Gasteiger charge is 2.29. The van der Waals surface area contributed by atoms with Crippen molar-refractivity contribution < 1.29 is 23.0 Å². The zero-order valence-corrected chi connectivity index (χ0v) is 22.7. The summed E-state index contributed by atoms with van der Waals surface area (Å²) < 4.78 is 48.9. The monoisotopic (exact) mass is 565 g/mol. The fourth-order valence-corrected chi connectivity index (χ4v) is 5.09. The largest absolute Gasteiger partial charge is 0.431 e. The van der Waals surface area contributed by atoms with Crippen LogP contribution in [0.1, 0.15) is 42.1 Å². The highest BCUT2D eigenvalue weighted by Crippen LogP contribution is 2.39. The Morgan fingerprint density at radius 2 is 1.76 bits per heavy atom. The molecule has 6 rings (SSSR count). The van der Waals surface area contributed by atoms with Crippen LogP contribution >= 0.6 is 0 Å². The third-order valence-corrected chi connectivity index (χ3v) is 6.96. The highest BCUT2D eigenvalue weighted by molar-refractivity contribution is 5.72. The van der Waals surface area contributed by atoms with Crippen LogP contribution in [0.2, 0.25) is 0 Å². The van der Waals surface area contributed by atoms with Crippen molar-refractivity contribution >= 4 is 5.52 Å². The van der Waals surface area contributed by atoms with E-state index in [0.717, 1.165) is 22.9 Å². The number of ether oxygens (including phenoxy) is 1. The first kappa shape index (κ1) is 26.8. The number of benzene rings is 1. The van der Waals surface area contributed by atoms with Crippen molar-refractivity contribution in [2.24, 2.45) is 7.05 Å². The molecule has 0 amide bonds. The van der Waals surface area contributed by atoms with E-state index in [9.17, 15) is 13.9 Å². The number of alkyl halides is 2. The lowest BCUT2D eigenvalue weighted by Gasteiger charge is -2.25. The van der Waals surface area contributed by atoms with E-state index in [-0.39, 0.29) is 24.4 Å². The van der Waals surface area contributed by atoms with E-state index < -0.39 is 23.8 Å². The third kappa shape index (κ3) is 5.00. The number of nitrogens with zero attached hydrogens (tertiary/aromatic N) is 9. The minimum absolute atomic E-state index is 0.0761. The fourth-order valence-electron chi connectivity index (χ4n) is 5.09. The summed E-state index contributed by atoms with van der Waals surface area (Å²) in [5, 5.41) is 27.1. The summed E-state index contributed by atoms with van der Waals surface area (Å²) >= 11 is 0. The Balaban J connectivity index is 1.52. The molecule has 41 heavy (non-hydrogen) atoms. The normalized spacial score (nSPS) is 14.2. The third-order valence-electron chi connectivity index (χ3n) is 6.96. The van der Waals surface area contributed by atoms with Gasteiger partial charge >= 0.3 is 6.61 Å². The Morgan fingerprint density at radius 3 is 2.41 bits per heavy atom. The first-order valence-electron chi connectivity index (χ1n) is 12.8. The molecule has 0 radical (unpaired) electrons. The lowest BCUT2D eigenvalue weighted by Crippen LogP contribution is -2.23. The molecule has 5 aromatic rings. The molecule has 1 aliphatic rings. The van der Waals surface area contributed by atoms with E-state index in [0.29, 0.717) is 34.6 Å². The average Bonchev–Trinajstić information content (AvgIpc) is 3.48. The molecule has 0 fully saturated rings. The molecule has 0 saturated heterocycles. The van der Waals surface area contributed by atoms with Gasteiger partial charge in [0.25, 0.3) is 0 Å². The van der Waals surface area contributed by atoms with E-state index >= 15 is 4.39 Å². The molecule has 5 heterocycles. The Bertz CT molecular complexity index is 1760. The number of hydrogen-bond donors (Lipinski definition) is 1. The van der Waals surface area contributed by atoms with Crippen molar-refractivity contribution in [3.8, 4) is 28.3 Å². The Labute approximate surface area is 232 Å². The number of aromatic nitrogens is 8. The van der Waals surface area contributed by atoms with Crippen molar-refractivity contribution in [3.63, 3.8) is 0 Å². The summed E-state index contributed by atoms with van der Waals surface area (Å²) in [6.45, 7) is 0.720. The van der Waals surface area contributed by atoms with Gasteiger partial charge in [-0.15, -0.1) is 10.2 Å². The number of tetrazole rings is 1. The molecule has 0 spiro atoms. The van der Waals surface area contributed by atoms with Crippen molar-refractivity contribution in [2.75, 3.05) is 7.05 Å². The fraction of sp³-hybridized carbons (Fsp3) is 0.333. The van der Waals surface area contributed by atoms with Gasteiger partial charge in [-0.1, -0.05) is 0 Å². The smallest absolute Gasteiger partial charge is 0.387 e. The number of hydrogen-bond acceptors (Lipinski definition) is 9. The van der Waals surface area contributed by atoms with Crippen LogP contribution in [0.4, 0.5) is 13.2 Å². The van der Waals surface area contributed by atoms with Crippen molar-refractivity contribution in [1.82, 2.24) is 44.7 Å². The van der Waals surface area contributed by atoms with Crippen LogP contribution in [-0.2, 0) is 32.2 Å². The summed E-state index contributed by atoms with van der Waals surface area (Å²) in [4.78, 5) is 11.8. The van der Waals surface area contributed by atoms with Crippen LogP contribution < -0.4 is 4.74 Å². The van der Waals surface area contributed by atoms with Crippen LogP contribution in [0.25, 0.3) is 28.0 Å². The second-order valence-electron chi connectivity index (χ2n) is 10.5. The molecule has 4 aromatic heterocycles. The lowest BCUT2D eigenvalue weighted by atomic mass is 9.91. The standard InChI is InChI=1S/C27H26F3N9O2/c1-27(2,40)25-31-10-15(11-32-25)14-5-6-39-22(7-14)18-8-16-19(12-37(3)13-21(18)34-39)17(24-33-36-38(4)35-24)9-20(28)23(16)41-26(29)30/h5-7,9-11,26,40H,8,12-13H2,1-4H3. The molecule has 11 nitrogen and oxygen atoms in total. The van der Waals surface area contributed by atoms with Crippen molar-refractivity contribution in [2.45, 2.75) is 45.6 Å². The highest BCUT2D eigenvalue weighted by atomic mass is 19.3. The molecular weight excluding hydrogens is 539 g/mol. The molecule has 0 atom stereocenters. The second-order valence-corrected chi connectivity index (χ2v) is 10.5. The molecular formula is C27H26F3N9O2. The Morgan fingerprint density at radius 1 is 1.00 bits per heavy atom. The number of rotatable bonds is 5. The van der Waals surface area contributed by atoms with Gasteiger partial charge in [-0.25, -0.2) is 18.9 Å². The molecule has 14 heteroatoms. The first-order chi connectivity index (χ1) is 19.5. The Hall–Kier alpha value is -4.43. The minimum atomic E-state index is -3.22. The van der Waals surface area contributed by atoms with Gasteiger partial charge in [0, 0.05) is 60.4 Å². The maximum Gasteiger partial charge on any atom is 0.387 e. The second kappa shape index (κ2) is 9.89. The van der Waals surface area contributed by atoms with Crippen LogP contribution in [-0.4, -0.2) is 63.5 Å². The molecule has 0 unspecified atom stereocenters. The maximum absolute atomic E-state index is 15.4. The van der Waals surface area contributed by atoms with Crippen LogP contribution in [0.3, 0.4) is 0 Å². The first-order valence-corrected chi connectivity index (χ1v) is 12.8. The summed E-state index contributed by atoms with van der Waals surface area (Å²) in [6.07, 6.45) is 5.11. The number of aliphatic hydroxyl groups is 1. The van der Waals surface area contributed by atoms with Gasteiger partial charge in [-0.05, 0) is 55.4 Å². The predicted molar refractivity (Wildman–Crippen MR) is 140 cm³/mol. The van der Waals surface area contributed by atoms with Crippen molar-refractivity contribution in [3.05, 3.63) is 70.8 Å². The van der Waals surface area contributed by atoms with Crippen molar-refractivity contribution in [1.29, 1.82) is 0 Å². The molecule has 212 valence electrons. The Kier molecular flexibility index (Phi) is 6.46. The van der Waals surface area contributed by atoms with E-state index in [1.54, 1.807) is 44.0 Å². The van der Waals surface area contributed by atoms with Gasteiger partial charge in [0.2, 0.25) is 5.82 Å². The number of fused-ring (bicyclic) bond motifs is 4. The summed E-state index contributed by atoms with van der Waals surface area (Å²) in [7, 11) is 3.45. The van der Waals surface area contributed by atoms with E-state index in [4.69, 9.17) is 9.84 Å². The zero-order valence-electron chi connectivity index (χ0n) is 22.7. The van der Waals surface area contributed by atoms with Gasteiger partial charge in [0.15, 0.2) is 17.4 Å². The number of aryl methyl sites for hydroxylation is 1. The lowest BCUT2D eigenvalue weighted by molar-refractivity contribution is -0.0528. The minimum Gasteiger partial charge on any atom is -0.431 e. The van der Waals surface area contributed by atoms with Crippen LogP contribution in [0.5, 0.6) is 5.75 Å². The number of halogens is 3. The van der Waals surface area contributed by atoms with Gasteiger partial charge in [0.1, 0.15) is 5.60 Å². The molecule has 1 aromatic carbocycles. The summed E-state index contributed by atoms with van der Waals surface area (Å²) in [6, 6.07) is 4.87. The topological polar surface area (TPSA) is 119 Å². The van der Waals surface area contributed by atoms with E-state index in [1.807, 2.05) is 24.1 Å². The average molecular weight is 566 g/mol. The van der Waals surface area contributed by atoms with E-state index in [1.165, 1.54) is 4.80 Å². The maximum atomic E-state index is 15.4. The van der Waals surface area contributed by atoms with Crippen LogP contribution in [0, 0.1) is 5.82 Å². The van der Waals surface area contributed by atoms with E-state index in [2.05, 4.69) is 25.4 Å². The van der Waals surface area contributed by atoms with Crippen LogP contribution in [0.15, 0.2) is 36.8 Å². The summed E-state index contributed by atoms with van der Waals surface area (Å²) in [5.74, 6) is -0.997. The molecule has 0 saturated carbocycles. The number of pyridine rings is 1. The zero-order chi connectivity index (χ0) is 29.1. The van der Waals surface area contributed by atoms with Gasteiger partial charge < -0.3 is 9.84 Å². The van der Waals surface area contributed by atoms with Gasteiger partial charge in [-0.3, -0.25) is 4.90 Å². The molecule has 0 aliphatic carbocycles. The predicted octanol–water partition coefficient (Wildman–Crippen LogP) is 3.49. The molecule has 1 aliphatic heterocycles. The van der Waals surface area contributed by atoms with Gasteiger partial charge in [-0.2, -0.15) is 18.7 Å². The summed E-state index contributed by atoms with van der Waals surface area (Å²) in [5.41, 5.74) is 3.64. The SMILES string of the molecule is CN1Cc2nn3ccc(-c4cnc(C(C)(C)O)nc4)cc3c2Cc2c(c(-c3nnn(C)n3)cc(F)c2OC(F)F)C1. The molecule has 1 N–H and O–H groups in total.